The van der Waals surface area contributed by atoms with Gasteiger partial charge in [0.15, 0.2) is 0 Å². The Labute approximate surface area is 83.3 Å². The highest BCUT2D eigenvalue weighted by Gasteiger charge is 2.21. The number of H-pyrrole nitrogens is 1. The van der Waals surface area contributed by atoms with Gasteiger partial charge in [0.2, 0.25) is 0 Å². The maximum atomic E-state index is 9.82. The molecule has 1 aromatic rings. The number of methoxy groups -OCH3 is 1. The summed E-state index contributed by atoms with van der Waals surface area (Å²) in [4.78, 5) is 6.99. The first-order chi connectivity index (χ1) is 6.60. The average Bonchev–Trinajstić information content (AvgIpc) is 2.57. The normalized spacial score (nSPS) is 15.2. The zero-order valence-corrected chi connectivity index (χ0v) is 8.74. The van der Waals surface area contributed by atoms with Crippen molar-refractivity contribution in [2.45, 2.75) is 32.4 Å². The number of rotatable bonds is 4. The van der Waals surface area contributed by atoms with E-state index in [1.165, 1.54) is 7.11 Å². The van der Waals surface area contributed by atoms with Crippen LogP contribution in [0.3, 0.4) is 0 Å². The lowest BCUT2D eigenvalue weighted by Gasteiger charge is -2.15. The molecule has 0 saturated heterocycles. The van der Waals surface area contributed by atoms with Gasteiger partial charge >= 0.3 is 0 Å². The number of nitrogens with zero attached hydrogens (tertiary/aromatic N) is 1. The molecular formula is C9H17N3O2. The molecule has 0 bridgehead atoms. The van der Waals surface area contributed by atoms with E-state index in [9.17, 15) is 5.11 Å². The molecule has 2 atom stereocenters. The van der Waals surface area contributed by atoms with Gasteiger partial charge in [-0.05, 0) is 13.3 Å². The minimum atomic E-state index is -0.736. The lowest BCUT2D eigenvalue weighted by molar-refractivity contribution is 0.139. The molecule has 0 radical (unpaired) electrons. The first-order valence-corrected chi connectivity index (χ1v) is 4.64. The number of aliphatic hydroxyl groups is 1. The van der Waals surface area contributed by atoms with Crippen LogP contribution in [0.15, 0.2) is 0 Å². The second kappa shape index (κ2) is 4.43. The Hall–Kier alpha value is -1.07. The molecule has 0 saturated carbocycles. The van der Waals surface area contributed by atoms with E-state index in [4.69, 9.17) is 10.5 Å². The van der Waals surface area contributed by atoms with Gasteiger partial charge in [0.1, 0.15) is 6.10 Å². The first-order valence-electron chi connectivity index (χ1n) is 4.64. The first kappa shape index (κ1) is 11.0. The lowest BCUT2D eigenvalue weighted by atomic mass is 10.1. The van der Waals surface area contributed by atoms with Gasteiger partial charge in [0.25, 0.3) is 6.01 Å². The van der Waals surface area contributed by atoms with Crippen molar-refractivity contribution in [2.24, 2.45) is 5.73 Å². The number of aromatic amines is 1. The highest BCUT2D eigenvalue weighted by Crippen LogP contribution is 2.21. The van der Waals surface area contributed by atoms with Gasteiger partial charge in [0.05, 0.1) is 12.8 Å². The van der Waals surface area contributed by atoms with Gasteiger partial charge in [-0.15, -0.1) is 0 Å². The molecule has 0 aliphatic carbocycles. The fourth-order valence-corrected chi connectivity index (χ4v) is 1.26. The zero-order chi connectivity index (χ0) is 10.7. The van der Waals surface area contributed by atoms with E-state index in [-0.39, 0.29) is 6.04 Å². The second-order valence-electron chi connectivity index (χ2n) is 3.27. The summed E-state index contributed by atoms with van der Waals surface area (Å²) in [7, 11) is 1.52. The molecule has 5 heteroatoms. The molecule has 0 aliphatic heterocycles. The van der Waals surface area contributed by atoms with Crippen LogP contribution in [0, 0.1) is 6.92 Å². The van der Waals surface area contributed by atoms with Crippen molar-refractivity contribution in [3.8, 4) is 6.01 Å². The summed E-state index contributed by atoms with van der Waals surface area (Å²) >= 11 is 0. The van der Waals surface area contributed by atoms with E-state index >= 15 is 0 Å². The van der Waals surface area contributed by atoms with Gasteiger partial charge < -0.3 is 20.6 Å². The number of imidazole rings is 1. The average molecular weight is 199 g/mol. The summed E-state index contributed by atoms with van der Waals surface area (Å²) in [6.45, 7) is 3.75. The minimum Gasteiger partial charge on any atom is -0.468 e. The molecular weight excluding hydrogens is 182 g/mol. The van der Waals surface area contributed by atoms with Crippen LogP contribution in [0.5, 0.6) is 6.01 Å². The van der Waals surface area contributed by atoms with Crippen molar-refractivity contribution < 1.29 is 9.84 Å². The van der Waals surface area contributed by atoms with Crippen LogP contribution in [0.1, 0.15) is 30.8 Å². The molecule has 0 fully saturated rings. The van der Waals surface area contributed by atoms with Crippen molar-refractivity contribution in [2.75, 3.05) is 7.11 Å². The lowest BCUT2D eigenvalue weighted by Crippen LogP contribution is -2.28. The third kappa shape index (κ3) is 2.05. The summed E-state index contributed by atoms with van der Waals surface area (Å²) in [6.07, 6.45) is -0.0318. The standard InChI is InChI=1S/C9H17N3O2/c1-4-6(10)8(13)7-5(2)11-9(12-7)14-3/h6,8,13H,4,10H2,1-3H3,(H,11,12). The van der Waals surface area contributed by atoms with Crippen LogP contribution in [-0.4, -0.2) is 28.2 Å². The number of ether oxygens (including phenoxy) is 1. The SMILES string of the molecule is CCC(N)C(O)c1nc(OC)[nH]c1C. The summed E-state index contributed by atoms with van der Waals surface area (Å²) in [5.74, 6) is 0. The number of aromatic nitrogens is 2. The molecule has 0 aromatic carbocycles. The van der Waals surface area contributed by atoms with Gasteiger partial charge in [0, 0.05) is 11.7 Å². The summed E-state index contributed by atoms with van der Waals surface area (Å²) in [5, 5.41) is 9.82. The third-order valence-corrected chi connectivity index (χ3v) is 2.25. The fourth-order valence-electron chi connectivity index (χ4n) is 1.26. The van der Waals surface area contributed by atoms with Crippen molar-refractivity contribution >= 4 is 0 Å². The second-order valence-corrected chi connectivity index (χ2v) is 3.27. The molecule has 0 aliphatic rings. The molecule has 1 aromatic heterocycles. The smallest absolute Gasteiger partial charge is 0.293 e. The number of aryl methyl sites for hydroxylation is 1. The van der Waals surface area contributed by atoms with Crippen LogP contribution in [0.2, 0.25) is 0 Å². The molecule has 80 valence electrons. The summed E-state index contributed by atoms with van der Waals surface area (Å²) < 4.78 is 4.92. The van der Waals surface area contributed by atoms with E-state index < -0.39 is 6.10 Å². The number of nitrogens with one attached hydrogen (secondary N) is 1. The Kier molecular flexibility index (Phi) is 3.49. The number of nitrogens with two attached hydrogens (primary N) is 1. The predicted molar refractivity (Wildman–Crippen MR) is 53.1 cm³/mol. The molecule has 4 N–H and O–H groups in total. The van der Waals surface area contributed by atoms with Crippen molar-refractivity contribution in [3.63, 3.8) is 0 Å². The van der Waals surface area contributed by atoms with Crippen LogP contribution in [0.4, 0.5) is 0 Å². The summed E-state index contributed by atoms with van der Waals surface area (Å²) in [6, 6.07) is 0.113. The Morgan fingerprint density at radius 3 is 2.71 bits per heavy atom. The van der Waals surface area contributed by atoms with E-state index in [1.54, 1.807) is 0 Å². The highest BCUT2D eigenvalue weighted by atomic mass is 16.5. The predicted octanol–water partition coefficient (Wildman–Crippen LogP) is 0.497. The maximum Gasteiger partial charge on any atom is 0.293 e. The van der Waals surface area contributed by atoms with Gasteiger partial charge in [-0.25, -0.2) is 0 Å². The van der Waals surface area contributed by atoms with Gasteiger partial charge in [-0.2, -0.15) is 4.98 Å². The monoisotopic (exact) mass is 199 g/mol. The largest absolute Gasteiger partial charge is 0.468 e. The molecule has 5 nitrogen and oxygen atoms in total. The quantitative estimate of drug-likeness (QED) is 0.659. The van der Waals surface area contributed by atoms with E-state index in [0.717, 1.165) is 5.69 Å². The topological polar surface area (TPSA) is 84.2 Å². The van der Waals surface area contributed by atoms with E-state index in [2.05, 4.69) is 9.97 Å². The molecule has 14 heavy (non-hydrogen) atoms. The molecule has 2 unspecified atom stereocenters. The number of aliphatic hydroxyl groups excluding tert-OH is 1. The van der Waals surface area contributed by atoms with Crippen molar-refractivity contribution in [3.05, 3.63) is 11.4 Å². The van der Waals surface area contributed by atoms with Crippen LogP contribution in [0.25, 0.3) is 0 Å². The Morgan fingerprint density at radius 1 is 1.64 bits per heavy atom. The Morgan fingerprint density at radius 2 is 2.29 bits per heavy atom. The van der Waals surface area contributed by atoms with Crippen LogP contribution >= 0.6 is 0 Å². The van der Waals surface area contributed by atoms with Crippen molar-refractivity contribution in [1.82, 2.24) is 9.97 Å². The summed E-state index contributed by atoms with van der Waals surface area (Å²) in [5.41, 5.74) is 7.08. The highest BCUT2D eigenvalue weighted by molar-refractivity contribution is 5.19. The van der Waals surface area contributed by atoms with Gasteiger partial charge in [-0.3, -0.25) is 0 Å². The number of hydrogen-bond donors (Lipinski definition) is 3. The van der Waals surface area contributed by atoms with Crippen LogP contribution < -0.4 is 10.5 Å². The van der Waals surface area contributed by atoms with Crippen molar-refractivity contribution in [1.29, 1.82) is 0 Å². The fraction of sp³-hybridized carbons (Fsp3) is 0.667. The molecule has 1 heterocycles. The van der Waals surface area contributed by atoms with E-state index in [1.807, 2.05) is 13.8 Å². The maximum absolute atomic E-state index is 9.82. The van der Waals surface area contributed by atoms with Gasteiger partial charge in [-0.1, -0.05) is 6.92 Å². The molecule has 0 spiro atoms. The minimum absolute atomic E-state index is 0.290. The Balaban J connectivity index is 2.88. The molecule has 1 rings (SSSR count). The zero-order valence-electron chi connectivity index (χ0n) is 8.74. The molecule has 0 amide bonds. The van der Waals surface area contributed by atoms with Crippen LogP contribution in [-0.2, 0) is 0 Å². The van der Waals surface area contributed by atoms with E-state index in [0.29, 0.717) is 18.1 Å². The number of hydrogen-bond acceptors (Lipinski definition) is 4. The Bertz CT molecular complexity index is 298. The third-order valence-electron chi connectivity index (χ3n) is 2.25.